The van der Waals surface area contributed by atoms with Crippen LogP contribution >= 0.6 is 0 Å². The maximum Gasteiger partial charge on any atom is 0.281 e. The van der Waals surface area contributed by atoms with Crippen molar-refractivity contribution < 1.29 is 13.2 Å². The molecule has 0 aliphatic rings. The number of benzene rings is 2. The first-order valence-corrected chi connectivity index (χ1v) is 12.0. The van der Waals surface area contributed by atoms with E-state index in [1.807, 2.05) is 39.0 Å². The Hall–Kier alpha value is -4.16. The first-order chi connectivity index (χ1) is 16.1. The molecule has 172 valence electrons. The predicted molar refractivity (Wildman–Crippen MR) is 130 cm³/mol. The molecule has 3 N–H and O–H groups in total. The molecule has 34 heavy (non-hydrogen) atoms. The molecular formula is C25H23N5O3S. The molecule has 8 nitrogen and oxygen atoms in total. The summed E-state index contributed by atoms with van der Waals surface area (Å²) in [7, 11) is -4.23. The van der Waals surface area contributed by atoms with Crippen molar-refractivity contribution in [1.82, 2.24) is 14.3 Å². The molecule has 0 bridgehead atoms. The predicted octanol–water partition coefficient (Wildman–Crippen LogP) is 3.58. The van der Waals surface area contributed by atoms with Crippen LogP contribution in [0.15, 0.2) is 59.6 Å². The van der Waals surface area contributed by atoms with Gasteiger partial charge in [0.1, 0.15) is 11.5 Å². The molecule has 2 aromatic carbocycles. The third-order valence-corrected chi connectivity index (χ3v) is 6.91. The maximum atomic E-state index is 13.2. The summed E-state index contributed by atoms with van der Waals surface area (Å²) in [6, 6.07) is 17.4. The number of aryl methyl sites for hydroxylation is 3. The number of nitrogens with two attached hydrogens (primary N) is 1. The Morgan fingerprint density at radius 2 is 1.79 bits per heavy atom. The second kappa shape index (κ2) is 8.65. The highest BCUT2D eigenvalue weighted by molar-refractivity contribution is 7.90. The van der Waals surface area contributed by atoms with Gasteiger partial charge >= 0.3 is 0 Å². The largest absolute Gasteiger partial charge is 0.384 e. The van der Waals surface area contributed by atoms with E-state index in [0.29, 0.717) is 12.1 Å². The number of aromatic nitrogens is 2. The number of nitriles is 1. The van der Waals surface area contributed by atoms with Crippen molar-refractivity contribution in [2.45, 2.75) is 32.3 Å². The van der Waals surface area contributed by atoms with E-state index >= 15 is 0 Å². The van der Waals surface area contributed by atoms with E-state index < -0.39 is 15.9 Å². The Morgan fingerprint density at radius 3 is 2.44 bits per heavy atom. The van der Waals surface area contributed by atoms with Crippen molar-refractivity contribution in [2.75, 3.05) is 5.73 Å². The Bertz CT molecular complexity index is 1570. The minimum absolute atomic E-state index is 0.0340. The van der Waals surface area contributed by atoms with Crippen LogP contribution in [0.4, 0.5) is 5.82 Å². The van der Waals surface area contributed by atoms with E-state index in [9.17, 15) is 18.5 Å². The zero-order valence-electron chi connectivity index (χ0n) is 19.0. The van der Waals surface area contributed by atoms with Gasteiger partial charge in [-0.3, -0.25) is 4.79 Å². The van der Waals surface area contributed by atoms with Gasteiger partial charge in [-0.25, -0.2) is 9.71 Å². The molecule has 2 heterocycles. The zero-order valence-corrected chi connectivity index (χ0v) is 19.8. The van der Waals surface area contributed by atoms with Crippen LogP contribution in [0.5, 0.6) is 0 Å². The number of rotatable bonds is 5. The van der Waals surface area contributed by atoms with Crippen molar-refractivity contribution in [2.24, 2.45) is 0 Å². The fraction of sp³-hybridized carbons (Fsp3) is 0.160. The third kappa shape index (κ3) is 4.36. The van der Waals surface area contributed by atoms with Gasteiger partial charge in [0.05, 0.1) is 11.6 Å². The van der Waals surface area contributed by atoms with Crippen LogP contribution in [0.1, 0.15) is 38.3 Å². The molecule has 4 rings (SSSR count). The fourth-order valence-corrected chi connectivity index (χ4v) is 4.96. The first kappa shape index (κ1) is 23.0. The fourth-order valence-electron chi connectivity index (χ4n) is 4.02. The van der Waals surface area contributed by atoms with Crippen molar-refractivity contribution in [1.29, 1.82) is 5.26 Å². The second-order valence-electron chi connectivity index (χ2n) is 8.21. The number of amides is 1. The summed E-state index contributed by atoms with van der Waals surface area (Å²) in [5.74, 6) is -0.742. The number of carbonyl (C=O) groups excluding carboxylic acids is 1. The molecule has 1 amide bonds. The van der Waals surface area contributed by atoms with Crippen LogP contribution < -0.4 is 10.5 Å². The molecule has 0 aliphatic carbocycles. The van der Waals surface area contributed by atoms with Crippen LogP contribution in [0.25, 0.3) is 10.9 Å². The van der Waals surface area contributed by atoms with Crippen LogP contribution in [-0.2, 0) is 16.6 Å². The van der Waals surface area contributed by atoms with Gasteiger partial charge in [0.25, 0.3) is 15.9 Å². The van der Waals surface area contributed by atoms with E-state index in [1.54, 1.807) is 22.8 Å². The topological polar surface area (TPSA) is 131 Å². The highest BCUT2D eigenvalue weighted by atomic mass is 32.2. The van der Waals surface area contributed by atoms with Gasteiger partial charge in [-0.05, 0) is 79.9 Å². The van der Waals surface area contributed by atoms with Gasteiger partial charge in [-0.1, -0.05) is 17.7 Å². The van der Waals surface area contributed by atoms with Crippen molar-refractivity contribution in [3.05, 3.63) is 88.1 Å². The minimum atomic E-state index is -4.23. The number of sulfonamides is 1. The van der Waals surface area contributed by atoms with Crippen LogP contribution in [0, 0.1) is 32.1 Å². The molecule has 2 aromatic heterocycles. The normalized spacial score (nSPS) is 11.4. The molecule has 9 heteroatoms. The molecular weight excluding hydrogens is 450 g/mol. The highest BCUT2D eigenvalue weighted by Crippen LogP contribution is 2.26. The number of carbonyl (C=O) groups is 1. The molecule has 0 radical (unpaired) electrons. The van der Waals surface area contributed by atoms with Crippen molar-refractivity contribution >= 4 is 32.7 Å². The number of hydrogen-bond donors (Lipinski definition) is 2. The average Bonchev–Trinajstić information content (AvgIpc) is 3.13. The number of nitrogens with one attached hydrogen (secondary N) is 1. The summed E-state index contributed by atoms with van der Waals surface area (Å²) in [5.41, 5.74) is 10.9. The molecule has 0 saturated heterocycles. The maximum absolute atomic E-state index is 13.2. The molecule has 0 fully saturated rings. The SMILES string of the molecule is Cc1ccc2c(c1)cc(C(=O)NS(=O)(=O)c1cccc(N)n1)n2Cc1c(C)cc(C#N)cc1C. The van der Waals surface area contributed by atoms with Crippen LogP contribution in [-0.4, -0.2) is 23.9 Å². The summed E-state index contributed by atoms with van der Waals surface area (Å²) < 4.78 is 29.5. The lowest BCUT2D eigenvalue weighted by atomic mass is 9.99. The first-order valence-electron chi connectivity index (χ1n) is 10.5. The van der Waals surface area contributed by atoms with E-state index in [2.05, 4.69) is 15.8 Å². The summed E-state index contributed by atoms with van der Waals surface area (Å²) in [6.07, 6.45) is 0. The standard InChI is InChI=1S/C25H23N5O3S/c1-15-7-8-21-19(9-15)12-22(25(31)29-34(32,33)24-6-4-5-23(27)28-24)30(21)14-20-16(2)10-18(13-26)11-17(20)3/h4-12H,14H2,1-3H3,(H2,27,28)(H,29,31). The number of nitrogens with zero attached hydrogens (tertiary/aromatic N) is 3. The number of hydrogen-bond acceptors (Lipinski definition) is 6. The van der Waals surface area contributed by atoms with Crippen LogP contribution in [0.2, 0.25) is 0 Å². The summed E-state index contributed by atoms with van der Waals surface area (Å²) in [5, 5.41) is 9.74. The Morgan fingerprint density at radius 1 is 1.09 bits per heavy atom. The summed E-state index contributed by atoms with van der Waals surface area (Å²) in [4.78, 5) is 17.1. The molecule has 4 aromatic rings. The number of pyridine rings is 1. The Balaban J connectivity index is 1.80. The minimum Gasteiger partial charge on any atom is -0.384 e. The second-order valence-corrected chi connectivity index (χ2v) is 9.84. The third-order valence-electron chi connectivity index (χ3n) is 5.68. The molecule has 0 spiro atoms. The number of fused-ring (bicyclic) bond motifs is 1. The van der Waals surface area contributed by atoms with Gasteiger partial charge in [-0.2, -0.15) is 13.7 Å². The van der Waals surface area contributed by atoms with E-state index in [4.69, 9.17) is 5.73 Å². The van der Waals surface area contributed by atoms with Gasteiger partial charge < -0.3 is 10.3 Å². The Labute approximate surface area is 197 Å². The quantitative estimate of drug-likeness (QED) is 0.455. The van der Waals surface area contributed by atoms with Gasteiger partial charge in [0.15, 0.2) is 5.03 Å². The number of anilines is 1. The van der Waals surface area contributed by atoms with E-state index in [-0.39, 0.29) is 16.5 Å². The monoisotopic (exact) mass is 473 g/mol. The summed E-state index contributed by atoms with van der Waals surface area (Å²) >= 11 is 0. The van der Waals surface area contributed by atoms with E-state index in [1.165, 1.54) is 18.2 Å². The Kier molecular flexibility index (Phi) is 5.85. The van der Waals surface area contributed by atoms with Crippen LogP contribution in [0.3, 0.4) is 0 Å². The van der Waals surface area contributed by atoms with Gasteiger partial charge in [-0.15, -0.1) is 0 Å². The summed E-state index contributed by atoms with van der Waals surface area (Å²) in [6.45, 7) is 6.10. The van der Waals surface area contributed by atoms with Gasteiger partial charge in [0.2, 0.25) is 0 Å². The molecule has 0 aliphatic heterocycles. The zero-order chi connectivity index (χ0) is 24.6. The average molecular weight is 474 g/mol. The van der Waals surface area contributed by atoms with Gasteiger partial charge in [0, 0.05) is 17.4 Å². The highest BCUT2D eigenvalue weighted by Gasteiger charge is 2.24. The lowest BCUT2D eigenvalue weighted by molar-refractivity contribution is 0.0973. The lowest BCUT2D eigenvalue weighted by Gasteiger charge is -2.16. The number of nitrogen functional groups attached to an aromatic ring is 1. The van der Waals surface area contributed by atoms with Crippen molar-refractivity contribution in [3.63, 3.8) is 0 Å². The molecule has 0 saturated carbocycles. The van der Waals surface area contributed by atoms with Crippen molar-refractivity contribution in [3.8, 4) is 6.07 Å². The smallest absolute Gasteiger partial charge is 0.281 e. The lowest BCUT2D eigenvalue weighted by Crippen LogP contribution is -2.32. The molecule has 0 atom stereocenters. The van der Waals surface area contributed by atoms with E-state index in [0.717, 1.165) is 33.2 Å². The molecule has 0 unspecified atom stereocenters.